The van der Waals surface area contributed by atoms with Crippen molar-refractivity contribution < 1.29 is 19.4 Å². The van der Waals surface area contributed by atoms with E-state index in [-0.39, 0.29) is 24.1 Å². The number of ketones is 1. The minimum Gasteiger partial charge on any atom is -0.508 e. The van der Waals surface area contributed by atoms with E-state index >= 15 is 0 Å². The van der Waals surface area contributed by atoms with Crippen LogP contribution in [0.15, 0.2) is 54.1 Å². The molecule has 0 saturated heterocycles. The highest BCUT2D eigenvalue weighted by Crippen LogP contribution is 2.37. The Hall–Kier alpha value is -2.75. The van der Waals surface area contributed by atoms with Crippen molar-refractivity contribution in [3.8, 4) is 17.2 Å². The molecule has 4 heteroatoms. The molecule has 124 valence electrons. The fraction of sp³-hybridized carbons (Fsp3) is 0.250. The second kappa shape index (κ2) is 6.79. The molecule has 1 unspecified atom stereocenters. The number of fused-ring (bicyclic) bond motifs is 1. The zero-order valence-corrected chi connectivity index (χ0v) is 13.8. The predicted molar refractivity (Wildman–Crippen MR) is 91.8 cm³/mol. The average Bonchev–Trinajstić information content (AvgIpc) is 2.54. The summed E-state index contributed by atoms with van der Waals surface area (Å²) in [5.41, 5.74) is 2.64. The van der Waals surface area contributed by atoms with Crippen LogP contribution in [0.25, 0.3) is 0 Å². The van der Waals surface area contributed by atoms with Crippen molar-refractivity contribution in [2.24, 2.45) is 0 Å². The Bertz CT molecular complexity index is 771. The van der Waals surface area contributed by atoms with Crippen molar-refractivity contribution in [1.29, 1.82) is 0 Å². The number of benzene rings is 2. The molecule has 3 rings (SSSR count). The molecule has 0 radical (unpaired) electrons. The van der Waals surface area contributed by atoms with Gasteiger partial charge >= 0.3 is 0 Å². The van der Waals surface area contributed by atoms with Crippen molar-refractivity contribution >= 4 is 5.78 Å². The molecule has 0 aliphatic carbocycles. The van der Waals surface area contributed by atoms with Crippen LogP contribution >= 0.6 is 0 Å². The molecule has 1 atom stereocenters. The van der Waals surface area contributed by atoms with Crippen molar-refractivity contribution in [2.45, 2.75) is 26.4 Å². The number of phenolic OH excluding ortho intramolecular Hbond substituents is 1. The molecule has 1 aliphatic heterocycles. The van der Waals surface area contributed by atoms with E-state index in [1.165, 1.54) is 17.7 Å². The van der Waals surface area contributed by atoms with Gasteiger partial charge in [0.25, 0.3) is 0 Å². The molecule has 1 heterocycles. The van der Waals surface area contributed by atoms with Crippen LogP contribution in [0.5, 0.6) is 17.2 Å². The minimum atomic E-state index is -0.348. The lowest BCUT2D eigenvalue weighted by Gasteiger charge is -2.25. The van der Waals surface area contributed by atoms with Crippen molar-refractivity contribution in [3.05, 3.63) is 65.2 Å². The smallest absolute Gasteiger partial charge is 0.170 e. The van der Waals surface area contributed by atoms with Crippen LogP contribution in [0.1, 0.15) is 42.3 Å². The van der Waals surface area contributed by atoms with Crippen LogP contribution in [-0.4, -0.2) is 17.5 Å². The van der Waals surface area contributed by atoms with Gasteiger partial charge in [-0.15, -0.1) is 0 Å². The molecule has 0 amide bonds. The Labute approximate surface area is 141 Å². The van der Waals surface area contributed by atoms with Gasteiger partial charge in [0.05, 0.1) is 12.0 Å². The van der Waals surface area contributed by atoms with Gasteiger partial charge in [0.15, 0.2) is 5.78 Å². The summed E-state index contributed by atoms with van der Waals surface area (Å²) in [6.07, 6.45) is 1.95. The van der Waals surface area contributed by atoms with Crippen LogP contribution in [0, 0.1) is 0 Å². The number of phenols is 1. The number of Topliss-reactive ketones (excluding diaryl/α,β-unsaturated/α-hetero) is 1. The Morgan fingerprint density at radius 1 is 1.25 bits per heavy atom. The van der Waals surface area contributed by atoms with Crippen LogP contribution in [0.3, 0.4) is 0 Å². The normalized spacial score (nSPS) is 16.1. The summed E-state index contributed by atoms with van der Waals surface area (Å²) in [7, 11) is 0. The largest absolute Gasteiger partial charge is 0.508 e. The lowest BCUT2D eigenvalue weighted by Crippen LogP contribution is -2.20. The van der Waals surface area contributed by atoms with Gasteiger partial charge in [-0.1, -0.05) is 17.7 Å². The molecule has 2 aromatic rings. The fourth-order valence-corrected chi connectivity index (χ4v) is 2.58. The molecular weight excluding hydrogens is 304 g/mol. The third kappa shape index (κ3) is 3.59. The summed E-state index contributed by atoms with van der Waals surface area (Å²) in [6, 6.07) is 12.1. The highest BCUT2D eigenvalue weighted by molar-refractivity contribution is 6.00. The van der Waals surface area contributed by atoms with Gasteiger partial charge in [0.1, 0.15) is 30.0 Å². The summed E-state index contributed by atoms with van der Waals surface area (Å²) in [4.78, 5) is 12.3. The lowest BCUT2D eigenvalue weighted by molar-refractivity contribution is 0.0849. The zero-order valence-electron chi connectivity index (χ0n) is 13.8. The van der Waals surface area contributed by atoms with Gasteiger partial charge in [-0.3, -0.25) is 4.79 Å². The molecule has 0 spiro atoms. The average molecular weight is 324 g/mol. The van der Waals surface area contributed by atoms with E-state index in [1.54, 1.807) is 6.07 Å². The Morgan fingerprint density at radius 2 is 2.00 bits per heavy atom. The molecule has 2 aromatic carbocycles. The minimum absolute atomic E-state index is 0.0186. The van der Waals surface area contributed by atoms with Crippen molar-refractivity contribution in [3.63, 3.8) is 0 Å². The molecule has 0 bridgehead atoms. The van der Waals surface area contributed by atoms with Crippen LogP contribution in [0.2, 0.25) is 0 Å². The molecular formula is C20H20O4. The number of carbonyl (C=O) groups is 1. The molecule has 0 saturated carbocycles. The highest BCUT2D eigenvalue weighted by Gasteiger charge is 2.27. The van der Waals surface area contributed by atoms with E-state index in [1.807, 2.05) is 44.2 Å². The Balaban J connectivity index is 1.73. The molecule has 24 heavy (non-hydrogen) atoms. The topological polar surface area (TPSA) is 55.8 Å². The fourth-order valence-electron chi connectivity index (χ4n) is 2.58. The summed E-state index contributed by atoms with van der Waals surface area (Å²) in [5, 5.41) is 9.58. The second-order valence-corrected chi connectivity index (χ2v) is 6.08. The summed E-state index contributed by atoms with van der Waals surface area (Å²) in [5.74, 6) is 1.31. The third-order valence-corrected chi connectivity index (χ3v) is 3.90. The Morgan fingerprint density at radius 3 is 2.71 bits per heavy atom. The van der Waals surface area contributed by atoms with E-state index in [9.17, 15) is 9.90 Å². The molecule has 1 N–H and O–H groups in total. The summed E-state index contributed by atoms with van der Waals surface area (Å²) < 4.78 is 11.5. The second-order valence-electron chi connectivity index (χ2n) is 6.08. The maximum absolute atomic E-state index is 12.3. The molecule has 4 nitrogen and oxygen atoms in total. The first kappa shape index (κ1) is 16.1. The monoisotopic (exact) mass is 324 g/mol. The lowest BCUT2D eigenvalue weighted by atomic mass is 9.96. The zero-order chi connectivity index (χ0) is 17.1. The van der Waals surface area contributed by atoms with E-state index in [0.717, 1.165) is 11.3 Å². The van der Waals surface area contributed by atoms with Crippen LogP contribution < -0.4 is 9.47 Å². The quantitative estimate of drug-likeness (QED) is 0.845. The number of hydrogen-bond acceptors (Lipinski definition) is 4. The van der Waals surface area contributed by atoms with E-state index in [2.05, 4.69) is 0 Å². The SMILES string of the molecule is CC(C)=CCOc1ccc(C2CC(=O)c3ccc(O)cc3O2)cc1. The first-order chi connectivity index (χ1) is 11.5. The molecule has 1 aliphatic rings. The van der Waals surface area contributed by atoms with E-state index in [4.69, 9.17) is 9.47 Å². The van der Waals surface area contributed by atoms with Crippen LogP contribution in [-0.2, 0) is 0 Å². The number of ether oxygens (including phenoxy) is 2. The van der Waals surface area contributed by atoms with Crippen LogP contribution in [0.4, 0.5) is 0 Å². The molecule has 0 fully saturated rings. The maximum Gasteiger partial charge on any atom is 0.170 e. The number of aromatic hydroxyl groups is 1. The highest BCUT2D eigenvalue weighted by atomic mass is 16.5. The molecule has 0 aromatic heterocycles. The Kier molecular flexibility index (Phi) is 4.56. The maximum atomic E-state index is 12.3. The van der Waals surface area contributed by atoms with Crippen molar-refractivity contribution in [1.82, 2.24) is 0 Å². The van der Waals surface area contributed by atoms with E-state index in [0.29, 0.717) is 17.9 Å². The number of carbonyl (C=O) groups excluding carboxylic acids is 1. The van der Waals surface area contributed by atoms with E-state index < -0.39 is 0 Å². The van der Waals surface area contributed by atoms with Gasteiger partial charge in [-0.05, 0) is 49.8 Å². The predicted octanol–water partition coefficient (Wildman–Crippen LogP) is 4.44. The van der Waals surface area contributed by atoms with Gasteiger partial charge < -0.3 is 14.6 Å². The standard InChI is InChI=1S/C20H20O4/c1-13(2)9-10-23-16-6-3-14(4-7-16)19-12-18(22)17-8-5-15(21)11-20(17)24-19/h3-9,11,19,21H,10,12H2,1-2H3. The number of hydrogen-bond donors (Lipinski definition) is 1. The van der Waals surface area contributed by atoms with Gasteiger partial charge in [-0.25, -0.2) is 0 Å². The summed E-state index contributed by atoms with van der Waals surface area (Å²) in [6.45, 7) is 4.59. The van der Waals surface area contributed by atoms with Crippen molar-refractivity contribution in [2.75, 3.05) is 6.61 Å². The number of allylic oxidation sites excluding steroid dienone is 1. The van der Waals surface area contributed by atoms with Gasteiger partial charge in [-0.2, -0.15) is 0 Å². The van der Waals surface area contributed by atoms with Gasteiger partial charge in [0.2, 0.25) is 0 Å². The van der Waals surface area contributed by atoms with Gasteiger partial charge in [0, 0.05) is 6.07 Å². The third-order valence-electron chi connectivity index (χ3n) is 3.90. The number of rotatable bonds is 4. The first-order valence-corrected chi connectivity index (χ1v) is 7.92. The summed E-state index contributed by atoms with van der Waals surface area (Å²) >= 11 is 0. The first-order valence-electron chi connectivity index (χ1n) is 7.92.